The number of urea groups is 1. The van der Waals surface area contributed by atoms with Crippen LogP contribution in [-0.4, -0.2) is 37.5 Å². The summed E-state index contributed by atoms with van der Waals surface area (Å²) in [6.45, 7) is 2.13. The van der Waals surface area contributed by atoms with Crippen molar-refractivity contribution in [2.24, 2.45) is 0 Å². The van der Waals surface area contributed by atoms with Gasteiger partial charge in [-0.1, -0.05) is 42.5 Å². The number of carbonyl (C=O) groups excluding carboxylic acids is 4. The van der Waals surface area contributed by atoms with Crippen LogP contribution in [0.25, 0.3) is 16.8 Å². The van der Waals surface area contributed by atoms with Gasteiger partial charge in [0.25, 0.3) is 11.8 Å². The normalized spacial score (nSPS) is 14.2. The fourth-order valence-electron chi connectivity index (χ4n) is 4.47. The minimum Gasteiger partial charge on any atom is -0.497 e. The average molecular weight is 551 g/mol. The zero-order valence-corrected chi connectivity index (χ0v) is 22.4. The van der Waals surface area contributed by atoms with Gasteiger partial charge in [-0.2, -0.15) is 0 Å². The van der Waals surface area contributed by atoms with Crippen molar-refractivity contribution in [3.8, 4) is 11.5 Å². The Morgan fingerprint density at radius 3 is 2.44 bits per heavy atom. The van der Waals surface area contributed by atoms with Crippen LogP contribution in [0.4, 0.5) is 10.5 Å². The summed E-state index contributed by atoms with van der Waals surface area (Å²) in [5.41, 5.74) is 1.58. The molecule has 0 radical (unpaired) electrons. The molecule has 4 aromatic rings. The van der Waals surface area contributed by atoms with Crippen molar-refractivity contribution < 1.29 is 33.4 Å². The van der Waals surface area contributed by atoms with E-state index in [2.05, 4.69) is 5.32 Å². The van der Waals surface area contributed by atoms with Crippen LogP contribution in [0.5, 0.6) is 11.5 Å². The summed E-state index contributed by atoms with van der Waals surface area (Å²) < 4.78 is 16.5. The summed E-state index contributed by atoms with van der Waals surface area (Å²) >= 11 is 0. The molecule has 4 amide bonds. The van der Waals surface area contributed by atoms with Crippen LogP contribution in [0, 0.1) is 0 Å². The average Bonchev–Trinajstić information content (AvgIpc) is 2.98. The molecule has 0 bridgehead atoms. The van der Waals surface area contributed by atoms with Crippen molar-refractivity contribution in [2.45, 2.75) is 13.5 Å². The fourth-order valence-corrected chi connectivity index (χ4v) is 4.47. The van der Waals surface area contributed by atoms with E-state index in [4.69, 9.17) is 14.2 Å². The summed E-state index contributed by atoms with van der Waals surface area (Å²) in [5.74, 6) is -1.28. The van der Waals surface area contributed by atoms with E-state index in [1.807, 2.05) is 42.5 Å². The van der Waals surface area contributed by atoms with Crippen molar-refractivity contribution >= 4 is 46.4 Å². The third kappa shape index (κ3) is 5.65. The van der Waals surface area contributed by atoms with Gasteiger partial charge in [0, 0.05) is 11.6 Å². The Hall–Kier alpha value is -5.44. The number of hydrogen-bond donors (Lipinski definition) is 1. The molecule has 5 rings (SSSR count). The lowest BCUT2D eigenvalue weighted by atomic mass is 10.0. The van der Waals surface area contributed by atoms with Gasteiger partial charge in [0.15, 0.2) is 0 Å². The molecule has 1 N–H and O–H groups in total. The molecule has 1 aliphatic heterocycles. The maximum absolute atomic E-state index is 13.5. The summed E-state index contributed by atoms with van der Waals surface area (Å²) in [6.07, 6.45) is 1.38. The van der Waals surface area contributed by atoms with Gasteiger partial charge in [-0.05, 0) is 65.7 Å². The molecule has 9 nitrogen and oxygen atoms in total. The van der Waals surface area contributed by atoms with Gasteiger partial charge in [0.2, 0.25) is 0 Å². The number of barbiturate groups is 1. The molecule has 0 aromatic heterocycles. The van der Waals surface area contributed by atoms with Crippen LogP contribution in [0.15, 0.2) is 90.5 Å². The van der Waals surface area contributed by atoms with Crippen LogP contribution in [0.3, 0.4) is 0 Å². The molecule has 4 aromatic carbocycles. The first kappa shape index (κ1) is 27.1. The third-order valence-electron chi connectivity index (χ3n) is 6.52. The SMILES string of the molecule is CCOC(=O)c1ccc(N2C(=O)NC(=O)/C(=C\c3ccc(OC)cc3OCc3cccc4ccccc34)C2=O)cc1. The summed E-state index contributed by atoms with van der Waals surface area (Å²) in [7, 11) is 1.52. The van der Waals surface area contributed by atoms with Crippen LogP contribution in [-0.2, 0) is 20.9 Å². The lowest BCUT2D eigenvalue weighted by Crippen LogP contribution is -2.54. The standard InChI is InChI=1S/C32H26N2O7/c1-3-40-31(37)21-11-14-24(15-12-21)34-30(36)27(29(35)33-32(34)38)17-22-13-16-25(39-2)18-28(22)41-19-23-9-6-8-20-7-4-5-10-26(20)23/h4-18H,3,19H2,1-2H3,(H,33,35,38)/b27-17+. The molecule has 0 unspecified atom stereocenters. The van der Waals surface area contributed by atoms with Crippen molar-refractivity contribution in [1.82, 2.24) is 5.32 Å². The highest BCUT2D eigenvalue weighted by molar-refractivity contribution is 6.39. The quantitative estimate of drug-likeness (QED) is 0.181. The second-order valence-corrected chi connectivity index (χ2v) is 9.06. The number of esters is 1. The number of nitrogens with zero attached hydrogens (tertiary/aromatic N) is 1. The van der Waals surface area contributed by atoms with E-state index < -0.39 is 23.8 Å². The molecule has 41 heavy (non-hydrogen) atoms. The number of ether oxygens (including phenoxy) is 3. The molecule has 1 saturated heterocycles. The van der Waals surface area contributed by atoms with E-state index in [0.29, 0.717) is 17.1 Å². The van der Waals surface area contributed by atoms with E-state index in [0.717, 1.165) is 21.2 Å². The van der Waals surface area contributed by atoms with Crippen LogP contribution >= 0.6 is 0 Å². The molecular formula is C32H26N2O7. The first-order chi connectivity index (χ1) is 19.9. The zero-order chi connectivity index (χ0) is 28.9. The van der Waals surface area contributed by atoms with Crippen molar-refractivity contribution in [3.63, 3.8) is 0 Å². The number of benzene rings is 4. The Labute approximate surface area is 235 Å². The lowest BCUT2D eigenvalue weighted by Gasteiger charge is -2.26. The van der Waals surface area contributed by atoms with Crippen LogP contribution in [0.2, 0.25) is 0 Å². The Morgan fingerprint density at radius 1 is 0.927 bits per heavy atom. The molecule has 1 heterocycles. The van der Waals surface area contributed by atoms with Crippen molar-refractivity contribution in [2.75, 3.05) is 18.6 Å². The first-order valence-corrected chi connectivity index (χ1v) is 12.9. The Balaban J connectivity index is 1.46. The Bertz CT molecular complexity index is 1690. The number of methoxy groups -OCH3 is 1. The van der Waals surface area contributed by atoms with E-state index in [1.54, 1.807) is 25.1 Å². The first-order valence-electron chi connectivity index (χ1n) is 12.9. The van der Waals surface area contributed by atoms with Crippen LogP contribution < -0.4 is 19.7 Å². The smallest absolute Gasteiger partial charge is 0.338 e. The number of hydrogen-bond acceptors (Lipinski definition) is 7. The highest BCUT2D eigenvalue weighted by Gasteiger charge is 2.37. The van der Waals surface area contributed by atoms with Crippen molar-refractivity contribution in [1.29, 1.82) is 0 Å². The van der Waals surface area contributed by atoms with Crippen LogP contribution in [0.1, 0.15) is 28.4 Å². The third-order valence-corrected chi connectivity index (χ3v) is 6.52. The largest absolute Gasteiger partial charge is 0.497 e. The Kier molecular flexibility index (Phi) is 7.78. The number of anilines is 1. The van der Waals surface area contributed by atoms with Gasteiger partial charge >= 0.3 is 12.0 Å². The number of carbonyl (C=O) groups is 4. The topological polar surface area (TPSA) is 111 Å². The van der Waals surface area contributed by atoms with E-state index >= 15 is 0 Å². The van der Waals surface area contributed by atoms with Gasteiger partial charge in [-0.25, -0.2) is 14.5 Å². The molecule has 9 heteroatoms. The van der Waals surface area contributed by atoms with Gasteiger partial charge in [0.1, 0.15) is 23.7 Å². The Morgan fingerprint density at radius 2 is 1.68 bits per heavy atom. The summed E-state index contributed by atoms with van der Waals surface area (Å²) in [5, 5.41) is 4.33. The number of amides is 4. The van der Waals surface area contributed by atoms with Gasteiger partial charge in [0.05, 0.1) is 25.0 Å². The predicted molar refractivity (Wildman–Crippen MR) is 153 cm³/mol. The molecule has 0 spiro atoms. The summed E-state index contributed by atoms with van der Waals surface area (Å²) in [6, 6.07) is 23.8. The highest BCUT2D eigenvalue weighted by atomic mass is 16.5. The second kappa shape index (κ2) is 11.7. The van der Waals surface area contributed by atoms with E-state index in [-0.39, 0.29) is 30.0 Å². The fraction of sp³-hybridized carbons (Fsp3) is 0.125. The molecule has 0 aliphatic carbocycles. The number of imide groups is 2. The van der Waals surface area contributed by atoms with E-state index in [1.165, 1.54) is 37.5 Å². The van der Waals surface area contributed by atoms with Gasteiger partial charge < -0.3 is 14.2 Å². The number of fused-ring (bicyclic) bond motifs is 1. The van der Waals surface area contributed by atoms with E-state index in [9.17, 15) is 19.2 Å². The second-order valence-electron chi connectivity index (χ2n) is 9.06. The molecule has 1 aliphatic rings. The van der Waals surface area contributed by atoms with Gasteiger partial charge in [-0.3, -0.25) is 14.9 Å². The summed E-state index contributed by atoms with van der Waals surface area (Å²) in [4.78, 5) is 51.7. The molecule has 0 saturated carbocycles. The highest BCUT2D eigenvalue weighted by Crippen LogP contribution is 2.30. The molecule has 206 valence electrons. The maximum atomic E-state index is 13.5. The predicted octanol–water partition coefficient (Wildman–Crippen LogP) is 5.27. The molecule has 1 fully saturated rings. The molecule has 0 atom stereocenters. The minimum atomic E-state index is -0.900. The van der Waals surface area contributed by atoms with Gasteiger partial charge in [-0.15, -0.1) is 0 Å². The number of nitrogens with one attached hydrogen (secondary N) is 1. The minimum absolute atomic E-state index is 0.182. The zero-order valence-electron chi connectivity index (χ0n) is 22.4. The monoisotopic (exact) mass is 550 g/mol. The lowest BCUT2D eigenvalue weighted by molar-refractivity contribution is -0.122. The van der Waals surface area contributed by atoms with Crippen molar-refractivity contribution in [3.05, 3.63) is 107 Å². The molecular weight excluding hydrogens is 524 g/mol. The maximum Gasteiger partial charge on any atom is 0.338 e. The number of rotatable bonds is 8.